The van der Waals surface area contributed by atoms with Crippen molar-refractivity contribution < 1.29 is 36.1 Å². The maximum Gasteiger partial charge on any atom is 0.341 e. The van der Waals surface area contributed by atoms with E-state index in [2.05, 4.69) is 0 Å². The number of benzene rings is 3. The molecule has 9 nitrogen and oxygen atoms in total. The summed E-state index contributed by atoms with van der Waals surface area (Å²) in [4.78, 5) is 30.5. The molecule has 0 aliphatic heterocycles. The summed E-state index contributed by atoms with van der Waals surface area (Å²) in [6.45, 7) is 1.88. The first kappa shape index (κ1) is 31.6. The highest BCUT2D eigenvalue weighted by molar-refractivity contribution is 7.86. The van der Waals surface area contributed by atoms with E-state index in [0.717, 1.165) is 17.7 Å². The number of unbranched alkanes of at least 4 members (excludes halogenated alkanes) is 2. The fourth-order valence-electron chi connectivity index (χ4n) is 4.72. The molecule has 0 N–H and O–H groups in total. The van der Waals surface area contributed by atoms with Crippen LogP contribution in [-0.4, -0.2) is 43.6 Å². The molecule has 0 unspecified atom stereocenters. The van der Waals surface area contributed by atoms with Crippen molar-refractivity contribution in [2.24, 2.45) is 0 Å². The second-order valence-corrected chi connectivity index (χ2v) is 12.0. The highest BCUT2D eigenvalue weighted by atomic mass is 32.2. The summed E-state index contributed by atoms with van der Waals surface area (Å²) in [6.07, 6.45) is 3.63. The number of hydrogen-bond acceptors (Lipinski definition) is 8. The zero-order valence-corrected chi connectivity index (χ0v) is 25.6. The van der Waals surface area contributed by atoms with Crippen LogP contribution in [0.15, 0.2) is 96.0 Å². The van der Waals surface area contributed by atoms with Gasteiger partial charge >= 0.3 is 5.97 Å². The van der Waals surface area contributed by atoms with Gasteiger partial charge in [-0.05, 0) is 74.7 Å². The van der Waals surface area contributed by atoms with Crippen molar-refractivity contribution in [1.82, 2.24) is 9.55 Å². The average molecular weight is 631 g/mol. The van der Waals surface area contributed by atoms with Gasteiger partial charge in [-0.25, -0.2) is 14.2 Å². The summed E-state index contributed by atoms with van der Waals surface area (Å²) in [5.74, 6) is -1.32. The number of pyridine rings is 1. The molecule has 0 radical (unpaired) electrons. The number of carbonyl (C=O) groups is 2. The van der Waals surface area contributed by atoms with E-state index in [9.17, 15) is 22.4 Å². The second-order valence-electron chi connectivity index (χ2n) is 10.3. The molecule has 3 aromatic carbocycles. The molecule has 45 heavy (non-hydrogen) atoms. The predicted octanol–water partition coefficient (Wildman–Crippen LogP) is 6.87. The van der Waals surface area contributed by atoms with E-state index in [0.29, 0.717) is 48.0 Å². The Bertz CT molecular complexity index is 1940. The lowest BCUT2D eigenvalue weighted by atomic mass is 10.1. The van der Waals surface area contributed by atoms with E-state index in [1.165, 1.54) is 29.9 Å². The van der Waals surface area contributed by atoms with Crippen LogP contribution in [0.25, 0.3) is 11.0 Å². The Kier molecular flexibility index (Phi) is 9.70. The van der Waals surface area contributed by atoms with E-state index in [1.807, 2.05) is 13.0 Å². The standard InChI is InChI=1S/C34H31FN2O7S/c1-23-12-15-27(16-13-23)45(40,41)43-20-8-4-7-11-29-31(44-30-22-26(35)14-17-28(30)34(39)42-2)21-25-18-19-37(32(25)36-29)33(38)24-9-5-3-6-10-24/h3,5-6,9-10,12-19,21-22H,4,7-8,11,20H2,1-2H3. The molecule has 5 aromatic rings. The van der Waals surface area contributed by atoms with Crippen molar-refractivity contribution in [3.63, 3.8) is 0 Å². The van der Waals surface area contributed by atoms with Crippen LogP contribution in [0, 0.1) is 12.7 Å². The zero-order chi connectivity index (χ0) is 32.0. The van der Waals surface area contributed by atoms with Gasteiger partial charge in [0, 0.05) is 23.2 Å². The Morgan fingerprint density at radius 1 is 0.889 bits per heavy atom. The number of halogens is 1. The van der Waals surface area contributed by atoms with Crippen LogP contribution in [0.3, 0.4) is 0 Å². The SMILES string of the molecule is COC(=O)c1ccc(F)cc1Oc1cc2ccn(C(=O)c3ccccc3)c2nc1CCCCCOS(=O)(=O)c1ccc(C)cc1. The number of aromatic nitrogens is 2. The van der Waals surface area contributed by atoms with Crippen molar-refractivity contribution in [3.8, 4) is 11.5 Å². The molecular weight excluding hydrogens is 599 g/mol. The number of fused-ring (bicyclic) bond motifs is 1. The molecule has 2 aromatic heterocycles. The largest absolute Gasteiger partial charge is 0.465 e. The highest BCUT2D eigenvalue weighted by Crippen LogP contribution is 2.33. The molecule has 5 rings (SSSR count). The maximum absolute atomic E-state index is 14.2. The Morgan fingerprint density at radius 2 is 1.64 bits per heavy atom. The highest BCUT2D eigenvalue weighted by Gasteiger charge is 2.20. The minimum absolute atomic E-state index is 0.00619. The number of hydrogen-bond donors (Lipinski definition) is 0. The van der Waals surface area contributed by atoms with Crippen molar-refractivity contribution >= 4 is 33.0 Å². The van der Waals surface area contributed by atoms with Gasteiger partial charge < -0.3 is 9.47 Å². The van der Waals surface area contributed by atoms with Crippen LogP contribution in [0.5, 0.6) is 11.5 Å². The van der Waals surface area contributed by atoms with Gasteiger partial charge in [-0.2, -0.15) is 8.42 Å². The van der Waals surface area contributed by atoms with Gasteiger partial charge in [-0.3, -0.25) is 13.5 Å². The minimum Gasteiger partial charge on any atom is -0.465 e. The number of carbonyl (C=O) groups excluding carboxylic acids is 2. The molecule has 0 atom stereocenters. The molecule has 2 heterocycles. The number of methoxy groups -OCH3 is 1. The topological polar surface area (TPSA) is 114 Å². The molecule has 0 saturated carbocycles. The first-order valence-corrected chi connectivity index (χ1v) is 15.7. The monoisotopic (exact) mass is 630 g/mol. The van der Waals surface area contributed by atoms with Crippen LogP contribution in [0.4, 0.5) is 4.39 Å². The number of aryl methyl sites for hydroxylation is 2. The quantitative estimate of drug-likeness (QED) is 0.0834. The van der Waals surface area contributed by atoms with E-state index >= 15 is 0 Å². The number of nitrogens with zero attached hydrogens (tertiary/aromatic N) is 2. The zero-order valence-electron chi connectivity index (χ0n) is 24.7. The second kappa shape index (κ2) is 13.8. The summed E-state index contributed by atoms with van der Waals surface area (Å²) in [5.41, 5.74) is 2.35. The Hall–Kier alpha value is -4.87. The van der Waals surface area contributed by atoms with E-state index < -0.39 is 21.9 Å². The Labute approximate surface area is 260 Å². The molecule has 0 saturated heterocycles. The van der Waals surface area contributed by atoms with Crippen LogP contribution >= 0.6 is 0 Å². The molecule has 11 heteroatoms. The van der Waals surface area contributed by atoms with Crippen LogP contribution in [0.2, 0.25) is 0 Å². The van der Waals surface area contributed by atoms with Gasteiger partial charge in [0.15, 0.2) is 0 Å². The van der Waals surface area contributed by atoms with Crippen LogP contribution in [-0.2, 0) is 25.5 Å². The minimum atomic E-state index is -3.86. The Morgan fingerprint density at radius 3 is 2.38 bits per heavy atom. The average Bonchev–Trinajstić information content (AvgIpc) is 3.45. The molecular formula is C34H31FN2O7S. The summed E-state index contributed by atoms with van der Waals surface area (Å²) in [7, 11) is -2.64. The van der Waals surface area contributed by atoms with Crippen molar-refractivity contribution in [3.05, 3.63) is 119 Å². The van der Waals surface area contributed by atoms with Gasteiger partial charge in [-0.15, -0.1) is 0 Å². The summed E-state index contributed by atoms with van der Waals surface area (Å²) in [6, 6.07) is 22.2. The van der Waals surface area contributed by atoms with E-state index in [4.69, 9.17) is 18.6 Å². The smallest absolute Gasteiger partial charge is 0.341 e. The lowest BCUT2D eigenvalue weighted by Crippen LogP contribution is -2.12. The first-order valence-electron chi connectivity index (χ1n) is 14.3. The number of rotatable bonds is 12. The van der Waals surface area contributed by atoms with Gasteiger partial charge in [0.25, 0.3) is 16.0 Å². The summed E-state index contributed by atoms with van der Waals surface area (Å²) < 4.78 is 56.8. The molecule has 0 aliphatic rings. The third-order valence-electron chi connectivity index (χ3n) is 7.12. The fraction of sp³-hybridized carbons (Fsp3) is 0.206. The van der Waals surface area contributed by atoms with E-state index in [1.54, 1.807) is 54.7 Å². The molecule has 232 valence electrons. The number of esters is 1. The molecule has 0 bridgehead atoms. The molecule has 0 amide bonds. The molecule has 0 fully saturated rings. The van der Waals surface area contributed by atoms with Crippen molar-refractivity contribution in [2.75, 3.05) is 13.7 Å². The van der Waals surface area contributed by atoms with Gasteiger partial charge in [-0.1, -0.05) is 42.3 Å². The first-order chi connectivity index (χ1) is 21.7. The van der Waals surface area contributed by atoms with Gasteiger partial charge in [0.2, 0.25) is 0 Å². The van der Waals surface area contributed by atoms with Crippen molar-refractivity contribution in [2.45, 2.75) is 37.5 Å². The van der Waals surface area contributed by atoms with Crippen LogP contribution < -0.4 is 4.74 Å². The fourth-order valence-corrected chi connectivity index (χ4v) is 5.66. The summed E-state index contributed by atoms with van der Waals surface area (Å²) in [5, 5.41) is 0.601. The predicted molar refractivity (Wildman–Crippen MR) is 166 cm³/mol. The van der Waals surface area contributed by atoms with Crippen LogP contribution in [0.1, 0.15) is 51.2 Å². The van der Waals surface area contributed by atoms with E-state index in [-0.39, 0.29) is 34.5 Å². The molecule has 0 spiro atoms. The Balaban J connectivity index is 1.37. The number of ether oxygens (including phenoxy) is 2. The lowest BCUT2D eigenvalue weighted by molar-refractivity contribution is 0.0597. The normalized spacial score (nSPS) is 11.4. The lowest BCUT2D eigenvalue weighted by Gasteiger charge is -2.14. The third kappa shape index (κ3) is 7.44. The third-order valence-corrected chi connectivity index (χ3v) is 8.44. The maximum atomic E-state index is 14.2. The van der Waals surface area contributed by atoms with Gasteiger partial charge in [0.1, 0.15) is 28.5 Å². The van der Waals surface area contributed by atoms with Gasteiger partial charge in [0.05, 0.1) is 24.3 Å². The van der Waals surface area contributed by atoms with Crippen molar-refractivity contribution in [1.29, 1.82) is 0 Å². The molecule has 0 aliphatic carbocycles. The summed E-state index contributed by atoms with van der Waals surface area (Å²) >= 11 is 0.